The molecule has 0 saturated heterocycles. The summed E-state index contributed by atoms with van der Waals surface area (Å²) < 4.78 is 13.1. The van der Waals surface area contributed by atoms with Gasteiger partial charge < -0.3 is 5.11 Å². The summed E-state index contributed by atoms with van der Waals surface area (Å²) in [5.74, 6) is -1.31. The van der Waals surface area contributed by atoms with Gasteiger partial charge in [0.15, 0.2) is 5.54 Å². The number of aliphatic carboxylic acids is 1. The largest absolute Gasteiger partial charge is 0.479 e. The summed E-state index contributed by atoms with van der Waals surface area (Å²) in [5, 5.41) is 13.3. The molecule has 0 spiro atoms. The highest BCUT2D eigenvalue weighted by molar-refractivity contribution is 5.85. The van der Waals surface area contributed by atoms with Crippen molar-refractivity contribution in [2.45, 2.75) is 12.1 Å². The predicted octanol–water partition coefficient (Wildman–Crippen LogP) is 3.94. The molecule has 3 rings (SSSR count). The second-order valence-corrected chi connectivity index (χ2v) is 5.77. The number of hydrogen-bond acceptors (Lipinski definition) is 2. The first-order chi connectivity index (χ1) is 12.1. The van der Waals surface area contributed by atoms with Crippen LogP contribution in [0, 0.1) is 5.82 Å². The van der Waals surface area contributed by atoms with Gasteiger partial charge in [-0.3, -0.25) is 5.32 Å². The fraction of sp³-hybridized carbons (Fsp3) is 0.0952. The lowest BCUT2D eigenvalue weighted by Crippen LogP contribution is -2.49. The number of nitrogens with one attached hydrogen (secondary N) is 1. The number of carboxylic acids is 1. The Kier molecular flexibility index (Phi) is 4.91. The van der Waals surface area contributed by atoms with E-state index >= 15 is 0 Å². The van der Waals surface area contributed by atoms with Crippen LogP contribution in [0.3, 0.4) is 0 Å². The summed E-state index contributed by atoms with van der Waals surface area (Å²) in [6.45, 7) is 0.288. The maximum atomic E-state index is 13.1. The van der Waals surface area contributed by atoms with Crippen LogP contribution in [-0.2, 0) is 16.9 Å². The lowest BCUT2D eigenvalue weighted by Gasteiger charge is -2.32. The van der Waals surface area contributed by atoms with E-state index in [4.69, 9.17) is 0 Å². The molecule has 3 aromatic carbocycles. The van der Waals surface area contributed by atoms with Crippen molar-refractivity contribution in [1.82, 2.24) is 5.32 Å². The van der Waals surface area contributed by atoms with Crippen LogP contribution < -0.4 is 5.32 Å². The minimum Gasteiger partial charge on any atom is -0.479 e. The van der Waals surface area contributed by atoms with E-state index in [2.05, 4.69) is 5.32 Å². The lowest BCUT2D eigenvalue weighted by atomic mass is 9.82. The fourth-order valence-corrected chi connectivity index (χ4v) is 2.91. The van der Waals surface area contributed by atoms with E-state index in [0.717, 1.165) is 5.56 Å². The summed E-state index contributed by atoms with van der Waals surface area (Å²) in [4.78, 5) is 12.4. The molecule has 0 atom stereocenters. The van der Waals surface area contributed by atoms with Gasteiger partial charge in [0.05, 0.1) is 0 Å². The molecule has 2 N–H and O–H groups in total. The number of halogens is 1. The molecule has 0 aliphatic rings. The van der Waals surface area contributed by atoms with Gasteiger partial charge in [-0.2, -0.15) is 0 Å². The topological polar surface area (TPSA) is 49.3 Å². The van der Waals surface area contributed by atoms with Crippen molar-refractivity contribution in [3.8, 4) is 0 Å². The smallest absolute Gasteiger partial charge is 0.333 e. The summed E-state index contributed by atoms with van der Waals surface area (Å²) in [7, 11) is 0. The lowest BCUT2D eigenvalue weighted by molar-refractivity contribution is -0.143. The van der Waals surface area contributed by atoms with Gasteiger partial charge in [-0.25, -0.2) is 9.18 Å². The van der Waals surface area contributed by atoms with Crippen LogP contribution >= 0.6 is 0 Å². The third-order valence-electron chi connectivity index (χ3n) is 4.21. The number of hydrogen-bond donors (Lipinski definition) is 2. The van der Waals surface area contributed by atoms with E-state index in [1.54, 1.807) is 36.4 Å². The third-order valence-corrected chi connectivity index (χ3v) is 4.21. The van der Waals surface area contributed by atoms with Crippen molar-refractivity contribution in [2.75, 3.05) is 0 Å². The first kappa shape index (κ1) is 16.9. The normalized spacial score (nSPS) is 11.2. The van der Waals surface area contributed by atoms with Crippen molar-refractivity contribution < 1.29 is 14.3 Å². The Morgan fingerprint density at radius 2 is 1.32 bits per heavy atom. The second-order valence-electron chi connectivity index (χ2n) is 5.77. The zero-order valence-electron chi connectivity index (χ0n) is 13.5. The second kappa shape index (κ2) is 7.28. The molecule has 0 bridgehead atoms. The van der Waals surface area contributed by atoms with Gasteiger partial charge in [-0.15, -0.1) is 0 Å². The quantitative estimate of drug-likeness (QED) is 0.717. The molecule has 4 heteroatoms. The first-order valence-corrected chi connectivity index (χ1v) is 7.97. The number of carbonyl (C=O) groups is 1. The molecule has 0 aliphatic heterocycles. The summed E-state index contributed by atoms with van der Waals surface area (Å²) in [6.07, 6.45) is 0. The van der Waals surface area contributed by atoms with Crippen LogP contribution in [0.4, 0.5) is 4.39 Å². The Hall–Kier alpha value is -2.98. The number of carboxylic acid groups (broad SMARTS) is 1. The van der Waals surface area contributed by atoms with Gasteiger partial charge in [-0.05, 0) is 28.8 Å². The van der Waals surface area contributed by atoms with Gasteiger partial charge >= 0.3 is 5.97 Å². The number of benzene rings is 3. The zero-order valence-corrected chi connectivity index (χ0v) is 13.5. The van der Waals surface area contributed by atoms with Crippen molar-refractivity contribution in [2.24, 2.45) is 0 Å². The third kappa shape index (κ3) is 3.44. The average Bonchev–Trinajstić information content (AvgIpc) is 2.65. The van der Waals surface area contributed by atoms with Gasteiger partial charge in [-0.1, -0.05) is 72.8 Å². The minimum atomic E-state index is -1.39. The van der Waals surface area contributed by atoms with Gasteiger partial charge in [0, 0.05) is 6.54 Å². The molecule has 126 valence electrons. The standard InChI is InChI=1S/C21H18FNO2/c22-19-13-11-16(12-14-19)15-23-21(20(24)25,17-7-3-1-4-8-17)18-9-5-2-6-10-18/h1-14,23H,15H2,(H,24,25). The average molecular weight is 335 g/mol. The van der Waals surface area contributed by atoms with Crippen molar-refractivity contribution in [3.05, 3.63) is 107 Å². The van der Waals surface area contributed by atoms with E-state index in [1.807, 2.05) is 36.4 Å². The molecule has 0 fully saturated rings. The van der Waals surface area contributed by atoms with Crippen LogP contribution in [0.1, 0.15) is 16.7 Å². The Balaban J connectivity index is 2.04. The molecule has 3 nitrogen and oxygen atoms in total. The molecule has 3 aromatic rings. The molecule has 0 heterocycles. The Bertz CT molecular complexity index is 793. The van der Waals surface area contributed by atoms with Crippen LogP contribution in [0.25, 0.3) is 0 Å². The van der Waals surface area contributed by atoms with Crippen LogP contribution in [-0.4, -0.2) is 11.1 Å². The highest BCUT2D eigenvalue weighted by atomic mass is 19.1. The fourth-order valence-electron chi connectivity index (χ4n) is 2.91. The molecule has 0 saturated carbocycles. The van der Waals surface area contributed by atoms with E-state index in [1.165, 1.54) is 12.1 Å². The monoisotopic (exact) mass is 335 g/mol. The summed E-state index contributed by atoms with van der Waals surface area (Å²) >= 11 is 0. The Morgan fingerprint density at radius 3 is 1.76 bits per heavy atom. The molecule has 0 unspecified atom stereocenters. The summed E-state index contributed by atoms with van der Waals surface area (Å²) in [5.41, 5.74) is 0.683. The number of rotatable bonds is 6. The Morgan fingerprint density at radius 1 is 0.840 bits per heavy atom. The highest BCUT2D eigenvalue weighted by Crippen LogP contribution is 2.30. The van der Waals surface area contributed by atoms with E-state index in [9.17, 15) is 14.3 Å². The zero-order chi connectivity index (χ0) is 17.7. The highest BCUT2D eigenvalue weighted by Gasteiger charge is 2.41. The van der Waals surface area contributed by atoms with E-state index < -0.39 is 11.5 Å². The van der Waals surface area contributed by atoms with E-state index in [-0.39, 0.29) is 12.4 Å². The molecule has 0 amide bonds. The van der Waals surface area contributed by atoms with Crippen molar-refractivity contribution in [3.63, 3.8) is 0 Å². The molecular formula is C21H18FNO2. The summed E-state index contributed by atoms with van der Waals surface area (Å²) in [6, 6.07) is 24.1. The van der Waals surface area contributed by atoms with Gasteiger partial charge in [0.1, 0.15) is 5.82 Å². The maximum absolute atomic E-state index is 13.1. The van der Waals surface area contributed by atoms with Crippen molar-refractivity contribution >= 4 is 5.97 Å². The first-order valence-electron chi connectivity index (χ1n) is 7.97. The SMILES string of the molecule is O=C(O)C(NCc1ccc(F)cc1)(c1ccccc1)c1ccccc1. The van der Waals surface area contributed by atoms with Crippen LogP contribution in [0.2, 0.25) is 0 Å². The predicted molar refractivity (Wildman–Crippen MR) is 94.5 cm³/mol. The molecule has 0 aliphatic carbocycles. The van der Waals surface area contributed by atoms with Crippen molar-refractivity contribution in [1.29, 1.82) is 0 Å². The molecular weight excluding hydrogens is 317 g/mol. The van der Waals surface area contributed by atoms with Crippen LogP contribution in [0.5, 0.6) is 0 Å². The molecule has 25 heavy (non-hydrogen) atoms. The minimum absolute atomic E-state index is 0.288. The molecule has 0 radical (unpaired) electrons. The maximum Gasteiger partial charge on any atom is 0.333 e. The van der Waals surface area contributed by atoms with Crippen LogP contribution in [0.15, 0.2) is 84.9 Å². The van der Waals surface area contributed by atoms with E-state index in [0.29, 0.717) is 11.1 Å². The van der Waals surface area contributed by atoms with Gasteiger partial charge in [0.2, 0.25) is 0 Å². The Labute approximate surface area is 145 Å². The van der Waals surface area contributed by atoms with Gasteiger partial charge in [0.25, 0.3) is 0 Å². The molecule has 0 aromatic heterocycles.